The van der Waals surface area contributed by atoms with Crippen molar-refractivity contribution in [3.05, 3.63) is 45.7 Å². The second kappa shape index (κ2) is 8.92. The molecule has 1 fully saturated rings. The van der Waals surface area contributed by atoms with Gasteiger partial charge in [0.25, 0.3) is 5.91 Å². The van der Waals surface area contributed by atoms with E-state index in [9.17, 15) is 39.6 Å². The van der Waals surface area contributed by atoms with Crippen LogP contribution in [0.5, 0.6) is 5.75 Å². The monoisotopic (exact) mass is 542 g/mol. The number of aromatic hydroxyl groups is 1. The van der Waals surface area contributed by atoms with Crippen LogP contribution in [0.2, 0.25) is 0 Å². The molecule has 0 saturated heterocycles. The molecule has 210 valence electrons. The molecule has 3 aliphatic rings. The molecule has 1 aromatic carbocycles. The Kier molecular flexibility index (Phi) is 6.48. The van der Waals surface area contributed by atoms with E-state index in [1.165, 1.54) is 19.0 Å². The zero-order valence-electron chi connectivity index (χ0n) is 22.9. The van der Waals surface area contributed by atoms with Crippen LogP contribution >= 0.6 is 0 Å². The van der Waals surface area contributed by atoms with Crippen molar-refractivity contribution in [3.63, 3.8) is 0 Å². The van der Waals surface area contributed by atoms with E-state index in [1.54, 1.807) is 19.1 Å². The normalized spacial score (nSPS) is 30.6. The molecule has 1 saturated carbocycles. The molecule has 1 amide bonds. The number of hydrogen-bond acceptors (Lipinski definition) is 10. The van der Waals surface area contributed by atoms with Crippen LogP contribution in [0.4, 0.5) is 0 Å². The number of ether oxygens (including phenoxy) is 1. The lowest BCUT2D eigenvalue weighted by molar-refractivity contribution is -0.184. The zero-order chi connectivity index (χ0) is 29.5. The van der Waals surface area contributed by atoms with E-state index in [-0.39, 0.29) is 11.3 Å². The topological polar surface area (TPSA) is 188 Å². The van der Waals surface area contributed by atoms with E-state index in [0.717, 1.165) is 6.92 Å². The summed E-state index contributed by atoms with van der Waals surface area (Å²) in [6.45, 7) is 8.40. The molecule has 11 nitrogen and oxygen atoms in total. The second-order valence-electron chi connectivity index (χ2n) is 11.8. The molecule has 0 radical (unpaired) electrons. The maximum atomic E-state index is 14.2. The van der Waals surface area contributed by atoms with E-state index in [4.69, 9.17) is 10.5 Å². The summed E-state index contributed by atoms with van der Waals surface area (Å²) in [4.78, 5) is 53.5. The van der Waals surface area contributed by atoms with Gasteiger partial charge in [0.2, 0.25) is 5.78 Å². The number of primary amides is 1. The highest BCUT2D eigenvalue weighted by molar-refractivity contribution is 6.24. The molecule has 0 aliphatic heterocycles. The Hall–Kier alpha value is -3.70. The van der Waals surface area contributed by atoms with Gasteiger partial charge in [-0.1, -0.05) is 39.8 Å². The molecular formula is C28H34N2O9. The summed E-state index contributed by atoms with van der Waals surface area (Å²) in [6.07, 6.45) is -1.41. The first-order chi connectivity index (χ1) is 17.9. The van der Waals surface area contributed by atoms with E-state index in [0.29, 0.717) is 11.1 Å². The van der Waals surface area contributed by atoms with E-state index < -0.39 is 87.0 Å². The minimum Gasteiger partial charge on any atom is -0.508 e. The number of phenolic OH excluding ortho intramolecular Hbond substituents is 1. The number of nitrogens with two attached hydrogens (primary N) is 1. The third kappa shape index (κ3) is 3.78. The maximum absolute atomic E-state index is 14.2. The summed E-state index contributed by atoms with van der Waals surface area (Å²) in [6, 6.07) is 2.02. The predicted octanol–water partition coefficient (Wildman–Crippen LogP) is 1.36. The molecule has 4 rings (SSSR count). The number of carbonyl (C=O) groups excluding carboxylic acids is 4. The van der Waals surface area contributed by atoms with Crippen LogP contribution in [0.25, 0.3) is 5.76 Å². The van der Waals surface area contributed by atoms with Gasteiger partial charge in [-0.3, -0.25) is 24.1 Å². The molecule has 11 heteroatoms. The van der Waals surface area contributed by atoms with Crippen LogP contribution in [-0.2, 0) is 29.3 Å². The van der Waals surface area contributed by atoms with Gasteiger partial charge in [0.05, 0.1) is 17.5 Å². The number of phenols is 1. The van der Waals surface area contributed by atoms with Crippen LogP contribution < -0.4 is 5.73 Å². The fourth-order valence-electron chi connectivity index (χ4n) is 6.53. The third-order valence-corrected chi connectivity index (χ3v) is 8.21. The molecule has 0 heterocycles. The first kappa shape index (κ1) is 28.3. The fraction of sp³-hybridized carbons (Fsp3) is 0.500. The number of aliphatic hydroxyl groups excluding tert-OH is 2. The van der Waals surface area contributed by atoms with Gasteiger partial charge in [0.15, 0.2) is 11.4 Å². The maximum Gasteiger partial charge on any atom is 0.302 e. The van der Waals surface area contributed by atoms with Gasteiger partial charge < -0.3 is 30.9 Å². The molecule has 6 unspecified atom stereocenters. The van der Waals surface area contributed by atoms with Crippen molar-refractivity contribution >= 4 is 29.2 Å². The largest absolute Gasteiger partial charge is 0.508 e. The average molecular weight is 543 g/mol. The third-order valence-electron chi connectivity index (χ3n) is 8.21. The Bertz CT molecular complexity index is 1380. The Balaban J connectivity index is 2.13. The van der Waals surface area contributed by atoms with Crippen LogP contribution in [0, 0.1) is 11.8 Å². The number of carbonyl (C=O) groups is 4. The predicted molar refractivity (Wildman–Crippen MR) is 139 cm³/mol. The van der Waals surface area contributed by atoms with Crippen LogP contribution in [0.3, 0.4) is 0 Å². The Labute approximate surface area is 225 Å². The first-order valence-corrected chi connectivity index (χ1v) is 12.6. The Morgan fingerprint density at radius 2 is 1.69 bits per heavy atom. The molecule has 3 aliphatic carbocycles. The number of likely N-dealkylation sites (N-methyl/N-ethyl adjacent to an activating group) is 1. The molecule has 6 N–H and O–H groups in total. The highest BCUT2D eigenvalue weighted by Crippen LogP contribution is 2.57. The average Bonchev–Trinajstić information content (AvgIpc) is 2.79. The van der Waals surface area contributed by atoms with E-state index in [2.05, 4.69) is 0 Å². The summed E-state index contributed by atoms with van der Waals surface area (Å²) in [7, 11) is 2.93. The number of aliphatic hydroxyl groups is 3. The quantitative estimate of drug-likeness (QED) is 0.276. The van der Waals surface area contributed by atoms with Crippen molar-refractivity contribution in [2.75, 3.05) is 14.1 Å². The zero-order valence-corrected chi connectivity index (χ0v) is 22.9. The van der Waals surface area contributed by atoms with Gasteiger partial charge in [-0.15, -0.1) is 0 Å². The molecule has 39 heavy (non-hydrogen) atoms. The number of rotatable bonds is 3. The van der Waals surface area contributed by atoms with Crippen molar-refractivity contribution in [2.24, 2.45) is 17.6 Å². The summed E-state index contributed by atoms with van der Waals surface area (Å²) >= 11 is 0. The number of ketones is 2. The van der Waals surface area contributed by atoms with Crippen molar-refractivity contribution in [2.45, 2.75) is 63.7 Å². The minimum atomic E-state index is -2.96. The molecule has 6 atom stereocenters. The highest BCUT2D eigenvalue weighted by Gasteiger charge is 2.69. The van der Waals surface area contributed by atoms with Crippen molar-refractivity contribution < 1.29 is 44.3 Å². The van der Waals surface area contributed by atoms with Crippen molar-refractivity contribution in [1.82, 2.24) is 4.90 Å². The molecule has 0 bridgehead atoms. The van der Waals surface area contributed by atoms with Gasteiger partial charge in [-0.25, -0.2) is 0 Å². The van der Waals surface area contributed by atoms with E-state index in [1.807, 2.05) is 20.8 Å². The SMILES string of the molecule is CC(=O)OC1C2C(=C(O)c3c(ccc(C(C)(C)C)c3O)C2C)C(=O)C2(O)C(O)=C(C(N)=O)C(=O)C(N(C)C)C12. The van der Waals surface area contributed by atoms with Gasteiger partial charge in [-0.05, 0) is 31.0 Å². The highest BCUT2D eigenvalue weighted by atomic mass is 16.5. The molecule has 1 aromatic rings. The number of benzene rings is 1. The standard InChI is InChI=1S/C28H34N2O9/c1-10-12-8-9-13(27(3,4)5)20(32)15(12)21(33)16-14(10)23(39-11(2)31)18-19(30(6)7)22(34)17(26(29)37)25(36)28(18,38)24(16)35/h8-10,14,18-19,23,32-33,36,38H,1-7H3,(H2,29,37). The fourth-order valence-corrected chi connectivity index (χ4v) is 6.53. The lowest BCUT2D eigenvalue weighted by Crippen LogP contribution is -2.71. The van der Waals surface area contributed by atoms with Crippen molar-refractivity contribution in [1.29, 1.82) is 0 Å². The van der Waals surface area contributed by atoms with Crippen LogP contribution in [0.1, 0.15) is 57.2 Å². The van der Waals surface area contributed by atoms with Gasteiger partial charge in [0.1, 0.15) is 28.9 Å². The molecule has 0 aromatic heterocycles. The molecular weight excluding hydrogens is 508 g/mol. The van der Waals surface area contributed by atoms with Crippen LogP contribution in [-0.4, -0.2) is 80.6 Å². The molecule has 0 spiro atoms. The Morgan fingerprint density at radius 1 is 1.10 bits per heavy atom. The Morgan fingerprint density at radius 3 is 2.18 bits per heavy atom. The van der Waals surface area contributed by atoms with Crippen LogP contribution in [0.15, 0.2) is 29.0 Å². The number of esters is 1. The summed E-state index contributed by atoms with van der Waals surface area (Å²) < 4.78 is 5.67. The lowest BCUT2D eigenvalue weighted by atomic mass is 9.54. The van der Waals surface area contributed by atoms with Gasteiger partial charge >= 0.3 is 5.97 Å². The van der Waals surface area contributed by atoms with Crippen molar-refractivity contribution in [3.8, 4) is 5.75 Å². The summed E-state index contributed by atoms with van der Waals surface area (Å²) in [5.41, 5.74) is 1.46. The van der Waals surface area contributed by atoms with E-state index >= 15 is 0 Å². The summed E-state index contributed by atoms with van der Waals surface area (Å²) in [5, 5.41) is 45.8. The number of fused-ring (bicyclic) bond motifs is 3. The first-order valence-electron chi connectivity index (χ1n) is 12.6. The van der Waals surface area contributed by atoms with Gasteiger partial charge in [-0.2, -0.15) is 0 Å². The minimum absolute atomic E-state index is 0.0206. The number of amides is 1. The van der Waals surface area contributed by atoms with Gasteiger partial charge in [0, 0.05) is 24.0 Å². The number of hydrogen-bond donors (Lipinski definition) is 5. The second-order valence-corrected chi connectivity index (χ2v) is 11.8. The lowest BCUT2D eigenvalue weighted by Gasteiger charge is -2.54. The number of nitrogens with zero attached hydrogens (tertiary/aromatic N) is 1. The summed E-state index contributed by atoms with van der Waals surface area (Å²) in [5.74, 6) is -9.77. The smallest absolute Gasteiger partial charge is 0.302 e. The number of Topliss-reactive ketones (excluding diaryl/α,β-unsaturated/α-hetero) is 2.